The lowest BCUT2D eigenvalue weighted by Crippen LogP contribution is -2.55. The summed E-state index contributed by atoms with van der Waals surface area (Å²) in [6, 6.07) is -1.95. The topological polar surface area (TPSA) is 86.7 Å². The molecule has 6 nitrogen and oxygen atoms in total. The maximum absolute atomic E-state index is 12.5. The largest absolute Gasteiger partial charge is 0.480 e. The van der Waals surface area contributed by atoms with E-state index < -0.39 is 48.9 Å². The maximum Gasteiger partial charge on any atom is 0.408 e. The van der Waals surface area contributed by atoms with Crippen LogP contribution in [0.1, 0.15) is 26.2 Å². The minimum Gasteiger partial charge on any atom is -0.480 e. The van der Waals surface area contributed by atoms with Gasteiger partial charge in [-0.15, -0.1) is 0 Å². The van der Waals surface area contributed by atoms with Crippen molar-refractivity contribution >= 4 is 17.8 Å². The lowest BCUT2D eigenvalue weighted by atomic mass is 9.92. The summed E-state index contributed by atoms with van der Waals surface area (Å²) in [5.41, 5.74) is 0. The Bertz CT molecular complexity index is 425. The third-order valence-electron chi connectivity index (χ3n) is 3.20. The predicted molar refractivity (Wildman–Crippen MR) is 65.2 cm³/mol. The normalized spacial score (nSPS) is 22.6. The monoisotopic (exact) mass is 310 g/mol. The third kappa shape index (κ3) is 4.61. The molecule has 0 aliphatic carbocycles. The number of carboxylic acids is 1. The first-order valence-electron chi connectivity index (χ1n) is 6.54. The van der Waals surface area contributed by atoms with Crippen molar-refractivity contribution in [2.24, 2.45) is 5.92 Å². The number of hydrogen-bond acceptors (Lipinski definition) is 3. The summed E-state index contributed by atoms with van der Waals surface area (Å²) >= 11 is 0. The lowest BCUT2D eigenvalue weighted by molar-refractivity contribution is -0.172. The predicted octanol–water partition coefficient (Wildman–Crippen LogP) is 0.767. The molecule has 0 radical (unpaired) electrons. The Morgan fingerprint density at radius 3 is 2.43 bits per heavy atom. The van der Waals surface area contributed by atoms with Crippen LogP contribution < -0.4 is 5.32 Å². The number of rotatable bonds is 5. The highest BCUT2D eigenvalue weighted by Crippen LogP contribution is 2.29. The van der Waals surface area contributed by atoms with E-state index in [4.69, 9.17) is 5.11 Å². The quantitative estimate of drug-likeness (QED) is 0.734. The third-order valence-corrected chi connectivity index (χ3v) is 3.20. The van der Waals surface area contributed by atoms with Crippen LogP contribution in [0.2, 0.25) is 0 Å². The average molecular weight is 310 g/mol. The molecule has 2 N–H and O–H groups in total. The summed E-state index contributed by atoms with van der Waals surface area (Å²) in [4.78, 5) is 35.5. The molecule has 0 aromatic carbocycles. The first kappa shape index (κ1) is 17.3. The van der Waals surface area contributed by atoms with E-state index in [1.807, 2.05) is 0 Å². The van der Waals surface area contributed by atoms with Gasteiger partial charge >= 0.3 is 12.1 Å². The van der Waals surface area contributed by atoms with Crippen LogP contribution >= 0.6 is 0 Å². The van der Waals surface area contributed by atoms with E-state index >= 15 is 0 Å². The summed E-state index contributed by atoms with van der Waals surface area (Å²) < 4.78 is 37.5. The van der Waals surface area contributed by atoms with Crippen molar-refractivity contribution in [2.75, 3.05) is 13.1 Å². The molecule has 0 spiro atoms. The Morgan fingerprint density at radius 2 is 2.00 bits per heavy atom. The molecule has 1 saturated heterocycles. The Balaban J connectivity index is 2.74. The molecule has 1 aliphatic rings. The lowest BCUT2D eigenvalue weighted by Gasteiger charge is -2.32. The van der Waals surface area contributed by atoms with Crippen LogP contribution in [0.15, 0.2) is 0 Å². The van der Waals surface area contributed by atoms with E-state index in [0.717, 1.165) is 4.90 Å². The van der Waals surface area contributed by atoms with Crippen molar-refractivity contribution in [3.63, 3.8) is 0 Å². The van der Waals surface area contributed by atoms with E-state index in [9.17, 15) is 27.6 Å². The number of amides is 2. The second kappa shape index (κ2) is 6.77. The molecule has 0 bridgehead atoms. The van der Waals surface area contributed by atoms with Gasteiger partial charge in [0, 0.05) is 6.54 Å². The fraction of sp³-hybridized carbons (Fsp3) is 0.750. The first-order valence-corrected chi connectivity index (χ1v) is 6.54. The molecular formula is C12H17F3N2O4. The van der Waals surface area contributed by atoms with E-state index in [2.05, 4.69) is 0 Å². The molecule has 0 aromatic heterocycles. The van der Waals surface area contributed by atoms with E-state index in [-0.39, 0.29) is 13.0 Å². The van der Waals surface area contributed by atoms with Crippen LogP contribution in [0.3, 0.4) is 0 Å². The van der Waals surface area contributed by atoms with Gasteiger partial charge in [0.15, 0.2) is 0 Å². The van der Waals surface area contributed by atoms with Crippen molar-refractivity contribution in [1.29, 1.82) is 0 Å². The van der Waals surface area contributed by atoms with Gasteiger partial charge in [0.05, 0.1) is 0 Å². The van der Waals surface area contributed by atoms with Crippen LogP contribution in [0.25, 0.3) is 0 Å². The van der Waals surface area contributed by atoms with Crippen LogP contribution in [0.4, 0.5) is 13.2 Å². The minimum absolute atomic E-state index is 0.137. The van der Waals surface area contributed by atoms with Crippen molar-refractivity contribution in [1.82, 2.24) is 10.2 Å². The molecule has 2 unspecified atom stereocenters. The van der Waals surface area contributed by atoms with Crippen molar-refractivity contribution in [3.8, 4) is 0 Å². The zero-order valence-corrected chi connectivity index (χ0v) is 11.4. The van der Waals surface area contributed by atoms with Gasteiger partial charge in [-0.1, -0.05) is 6.92 Å². The van der Waals surface area contributed by atoms with Gasteiger partial charge in [-0.3, -0.25) is 14.4 Å². The minimum atomic E-state index is -4.55. The number of alkyl halides is 3. The molecule has 2 amide bonds. The molecule has 1 fully saturated rings. The number of halogens is 3. The molecule has 21 heavy (non-hydrogen) atoms. The molecule has 9 heteroatoms. The molecule has 120 valence electrons. The van der Waals surface area contributed by atoms with E-state index in [1.165, 1.54) is 0 Å². The molecular weight excluding hydrogens is 293 g/mol. The summed E-state index contributed by atoms with van der Waals surface area (Å²) in [5, 5.41) is 10.5. The second-order valence-electron chi connectivity index (χ2n) is 4.89. The van der Waals surface area contributed by atoms with Crippen LogP contribution in [-0.4, -0.2) is 53.1 Å². The molecule has 2 atom stereocenters. The molecule has 1 aliphatic heterocycles. The number of carboxylic acid groups (broad SMARTS) is 1. The Kier molecular flexibility index (Phi) is 5.56. The molecule has 1 heterocycles. The fourth-order valence-corrected chi connectivity index (χ4v) is 2.21. The van der Waals surface area contributed by atoms with E-state index in [0.29, 0.717) is 6.42 Å². The van der Waals surface area contributed by atoms with Gasteiger partial charge in [-0.05, 0) is 19.3 Å². The molecule has 0 saturated carbocycles. The maximum atomic E-state index is 12.5. The Hall–Kier alpha value is -1.80. The van der Waals surface area contributed by atoms with Gasteiger partial charge in [0.1, 0.15) is 18.5 Å². The smallest absolute Gasteiger partial charge is 0.408 e. The van der Waals surface area contributed by atoms with Crippen LogP contribution in [-0.2, 0) is 14.4 Å². The average Bonchev–Trinajstić information content (AvgIpc) is 2.35. The number of nitrogens with one attached hydrogen (secondary N) is 1. The SMILES string of the molecule is CCCN(CC(=O)O)C(=O)C1CCC(C(F)(F)F)NC1=O. The standard InChI is InChI=1S/C12H17F3N2O4/c1-2-5-17(6-9(18)19)11(21)7-3-4-8(12(13,14)15)16-10(7)20/h7-8H,2-6H2,1H3,(H,16,20)(H,18,19). The van der Waals surface area contributed by atoms with Gasteiger partial charge < -0.3 is 15.3 Å². The summed E-state index contributed by atoms with van der Waals surface area (Å²) in [5.74, 6) is -4.23. The van der Waals surface area contributed by atoms with Crippen LogP contribution in [0.5, 0.6) is 0 Å². The van der Waals surface area contributed by atoms with Crippen LogP contribution in [0, 0.1) is 5.92 Å². The zero-order chi connectivity index (χ0) is 16.2. The second-order valence-corrected chi connectivity index (χ2v) is 4.89. The highest BCUT2D eigenvalue weighted by Gasteiger charge is 2.46. The fourth-order valence-electron chi connectivity index (χ4n) is 2.21. The van der Waals surface area contributed by atoms with Gasteiger partial charge in [0.25, 0.3) is 0 Å². The first-order chi connectivity index (χ1) is 9.66. The van der Waals surface area contributed by atoms with Crippen molar-refractivity contribution < 1.29 is 32.7 Å². The Labute approximate surface area is 119 Å². The highest BCUT2D eigenvalue weighted by molar-refractivity contribution is 6.01. The van der Waals surface area contributed by atoms with Gasteiger partial charge in [-0.2, -0.15) is 13.2 Å². The number of carbonyl (C=O) groups is 3. The Morgan fingerprint density at radius 1 is 1.38 bits per heavy atom. The summed E-state index contributed by atoms with van der Waals surface area (Å²) in [6.45, 7) is 1.29. The zero-order valence-electron chi connectivity index (χ0n) is 11.4. The van der Waals surface area contributed by atoms with E-state index in [1.54, 1.807) is 12.2 Å². The van der Waals surface area contributed by atoms with Gasteiger partial charge in [-0.25, -0.2) is 0 Å². The number of piperidine rings is 1. The summed E-state index contributed by atoms with van der Waals surface area (Å²) in [7, 11) is 0. The number of hydrogen-bond donors (Lipinski definition) is 2. The highest BCUT2D eigenvalue weighted by atomic mass is 19.4. The summed E-state index contributed by atoms with van der Waals surface area (Å²) in [6.07, 6.45) is -4.69. The van der Waals surface area contributed by atoms with Crippen molar-refractivity contribution in [2.45, 2.75) is 38.4 Å². The molecule has 1 rings (SSSR count). The number of carbonyl (C=O) groups excluding carboxylic acids is 2. The number of nitrogens with zero attached hydrogens (tertiary/aromatic N) is 1. The van der Waals surface area contributed by atoms with Crippen molar-refractivity contribution in [3.05, 3.63) is 0 Å². The number of aliphatic carboxylic acids is 1. The van der Waals surface area contributed by atoms with Gasteiger partial charge in [0.2, 0.25) is 11.8 Å². The molecule has 0 aromatic rings.